The van der Waals surface area contributed by atoms with Gasteiger partial charge in [-0.2, -0.15) is 10.4 Å². The molecule has 2 heterocycles. The Kier molecular flexibility index (Phi) is 4.80. The molecule has 0 bridgehead atoms. The zero-order chi connectivity index (χ0) is 17.8. The number of aromatic nitrogens is 4. The van der Waals surface area contributed by atoms with Crippen molar-refractivity contribution < 1.29 is 4.42 Å². The first-order chi connectivity index (χ1) is 12.0. The van der Waals surface area contributed by atoms with Gasteiger partial charge >= 0.3 is 6.01 Å². The molecule has 0 amide bonds. The number of nitriles is 1. The maximum absolute atomic E-state index is 8.92. The summed E-state index contributed by atoms with van der Waals surface area (Å²) >= 11 is 0. The van der Waals surface area contributed by atoms with Crippen molar-refractivity contribution in [2.75, 3.05) is 5.32 Å². The van der Waals surface area contributed by atoms with Crippen molar-refractivity contribution in [1.82, 2.24) is 20.0 Å². The number of hydrogen-bond donors (Lipinski definition) is 1. The van der Waals surface area contributed by atoms with E-state index in [0.717, 1.165) is 23.2 Å². The molecule has 0 saturated carbocycles. The monoisotopic (exact) mass is 336 g/mol. The van der Waals surface area contributed by atoms with Crippen LogP contribution < -0.4 is 5.32 Å². The van der Waals surface area contributed by atoms with Gasteiger partial charge in [0, 0.05) is 37.3 Å². The van der Waals surface area contributed by atoms with Crippen molar-refractivity contribution in [1.29, 1.82) is 5.26 Å². The molecule has 0 aliphatic rings. The van der Waals surface area contributed by atoms with Gasteiger partial charge in [-0.1, -0.05) is 31.1 Å². The zero-order valence-corrected chi connectivity index (χ0v) is 14.5. The topological polar surface area (TPSA) is 92.6 Å². The van der Waals surface area contributed by atoms with Gasteiger partial charge < -0.3 is 9.73 Å². The lowest BCUT2D eigenvalue weighted by atomic mass is 10.1. The van der Waals surface area contributed by atoms with Crippen LogP contribution in [-0.2, 0) is 20.0 Å². The van der Waals surface area contributed by atoms with Crippen molar-refractivity contribution in [2.45, 2.75) is 26.8 Å². The summed E-state index contributed by atoms with van der Waals surface area (Å²) in [6.45, 7) is 4.74. The van der Waals surface area contributed by atoms with Crippen molar-refractivity contribution in [3.8, 4) is 17.3 Å². The Morgan fingerprint density at radius 2 is 2.00 bits per heavy atom. The summed E-state index contributed by atoms with van der Waals surface area (Å²) in [6.07, 6.45) is 2.71. The molecule has 7 nitrogen and oxygen atoms in total. The molecule has 25 heavy (non-hydrogen) atoms. The molecule has 0 atom stereocenters. The van der Waals surface area contributed by atoms with Gasteiger partial charge in [-0.05, 0) is 18.1 Å². The standard InChI is InChI=1S/C18H20N6O/c1-12(2)8-16-21-22-18(25-16)20-10-15-11-24(3)23-17(15)14-6-4-13(9-19)5-7-14/h4-7,11-12H,8,10H2,1-3H3,(H,20,22). The summed E-state index contributed by atoms with van der Waals surface area (Å²) in [7, 11) is 1.88. The molecule has 1 N–H and O–H groups in total. The van der Waals surface area contributed by atoms with Crippen LogP contribution in [0, 0.1) is 17.2 Å². The lowest BCUT2D eigenvalue weighted by Crippen LogP contribution is -2.00. The highest BCUT2D eigenvalue weighted by Crippen LogP contribution is 2.23. The molecule has 128 valence electrons. The zero-order valence-electron chi connectivity index (χ0n) is 14.5. The van der Waals surface area contributed by atoms with Gasteiger partial charge in [0.1, 0.15) is 0 Å². The highest BCUT2D eigenvalue weighted by Gasteiger charge is 2.12. The predicted molar refractivity (Wildman–Crippen MR) is 93.5 cm³/mol. The van der Waals surface area contributed by atoms with Crippen LogP contribution in [0.2, 0.25) is 0 Å². The smallest absolute Gasteiger partial charge is 0.315 e. The highest BCUT2D eigenvalue weighted by atomic mass is 16.4. The van der Waals surface area contributed by atoms with Crippen molar-refractivity contribution in [2.24, 2.45) is 13.0 Å². The molecule has 0 radical (unpaired) electrons. The van der Waals surface area contributed by atoms with E-state index < -0.39 is 0 Å². The fraction of sp³-hybridized carbons (Fsp3) is 0.333. The van der Waals surface area contributed by atoms with Gasteiger partial charge in [0.25, 0.3) is 0 Å². The van der Waals surface area contributed by atoms with Gasteiger partial charge in [-0.25, -0.2) is 0 Å². The molecule has 3 aromatic rings. The Bertz CT molecular complexity index is 885. The molecule has 0 spiro atoms. The molecular formula is C18H20N6O. The first-order valence-electron chi connectivity index (χ1n) is 8.14. The second kappa shape index (κ2) is 7.18. The molecule has 0 unspecified atom stereocenters. The quantitative estimate of drug-likeness (QED) is 0.743. The summed E-state index contributed by atoms with van der Waals surface area (Å²) in [5.41, 5.74) is 3.46. The van der Waals surface area contributed by atoms with Crippen LogP contribution in [0.3, 0.4) is 0 Å². The summed E-state index contributed by atoms with van der Waals surface area (Å²) in [5, 5.41) is 24.7. The van der Waals surface area contributed by atoms with E-state index in [-0.39, 0.29) is 0 Å². The number of anilines is 1. The van der Waals surface area contributed by atoms with Gasteiger partial charge in [0.05, 0.1) is 17.3 Å². The van der Waals surface area contributed by atoms with E-state index in [1.54, 1.807) is 16.8 Å². The normalized spacial score (nSPS) is 10.8. The maximum Gasteiger partial charge on any atom is 0.315 e. The van der Waals surface area contributed by atoms with Crippen molar-refractivity contribution in [3.63, 3.8) is 0 Å². The number of aryl methyl sites for hydroxylation is 1. The SMILES string of the molecule is CC(C)Cc1nnc(NCc2cn(C)nc2-c2ccc(C#N)cc2)o1. The van der Waals surface area contributed by atoms with E-state index in [0.29, 0.717) is 29.9 Å². The number of hydrogen-bond acceptors (Lipinski definition) is 6. The Labute approximate surface area is 146 Å². The summed E-state index contributed by atoms with van der Waals surface area (Å²) < 4.78 is 7.37. The lowest BCUT2D eigenvalue weighted by Gasteiger charge is -2.03. The fourth-order valence-corrected chi connectivity index (χ4v) is 2.54. The Balaban J connectivity index is 1.74. The van der Waals surface area contributed by atoms with E-state index in [4.69, 9.17) is 9.68 Å². The average Bonchev–Trinajstić information content (AvgIpc) is 3.18. The van der Waals surface area contributed by atoms with E-state index in [1.807, 2.05) is 25.4 Å². The Morgan fingerprint density at radius 3 is 2.68 bits per heavy atom. The third-order valence-corrected chi connectivity index (χ3v) is 3.67. The molecule has 3 rings (SSSR count). The predicted octanol–water partition coefficient (Wildman–Crippen LogP) is 3.15. The number of nitrogens with one attached hydrogen (secondary N) is 1. The Morgan fingerprint density at radius 1 is 1.24 bits per heavy atom. The van der Waals surface area contributed by atoms with Gasteiger partial charge in [-0.15, -0.1) is 5.10 Å². The molecule has 1 aromatic carbocycles. The molecule has 0 fully saturated rings. The third-order valence-electron chi connectivity index (χ3n) is 3.67. The van der Waals surface area contributed by atoms with Gasteiger partial charge in [0.2, 0.25) is 5.89 Å². The number of nitrogens with zero attached hydrogens (tertiary/aromatic N) is 5. The van der Waals surface area contributed by atoms with Gasteiger partial charge in [0.15, 0.2) is 0 Å². The largest absolute Gasteiger partial charge is 0.408 e. The number of rotatable bonds is 6. The Hall–Kier alpha value is -3.14. The fourth-order valence-electron chi connectivity index (χ4n) is 2.54. The minimum Gasteiger partial charge on any atom is -0.408 e. The molecule has 0 saturated heterocycles. The van der Waals surface area contributed by atoms with E-state index in [1.165, 1.54) is 0 Å². The number of benzene rings is 1. The highest BCUT2D eigenvalue weighted by molar-refractivity contribution is 5.64. The second-order valence-corrected chi connectivity index (χ2v) is 6.32. The average molecular weight is 336 g/mol. The molecule has 0 aliphatic heterocycles. The summed E-state index contributed by atoms with van der Waals surface area (Å²) in [4.78, 5) is 0. The van der Waals surface area contributed by atoms with Crippen LogP contribution in [0.4, 0.5) is 6.01 Å². The van der Waals surface area contributed by atoms with Crippen molar-refractivity contribution in [3.05, 3.63) is 47.5 Å². The lowest BCUT2D eigenvalue weighted by molar-refractivity contribution is 0.465. The second-order valence-electron chi connectivity index (χ2n) is 6.32. The van der Waals surface area contributed by atoms with Crippen LogP contribution in [0.25, 0.3) is 11.3 Å². The third kappa shape index (κ3) is 4.04. The van der Waals surface area contributed by atoms with Crippen LogP contribution in [-0.4, -0.2) is 20.0 Å². The first kappa shape index (κ1) is 16.7. The maximum atomic E-state index is 8.92. The van der Waals surface area contributed by atoms with E-state index in [2.05, 4.69) is 40.5 Å². The molecular weight excluding hydrogens is 316 g/mol. The van der Waals surface area contributed by atoms with Crippen LogP contribution in [0.1, 0.15) is 30.9 Å². The van der Waals surface area contributed by atoms with E-state index >= 15 is 0 Å². The summed E-state index contributed by atoms with van der Waals surface area (Å²) in [5.74, 6) is 1.10. The minimum atomic E-state index is 0.408. The van der Waals surface area contributed by atoms with Crippen molar-refractivity contribution >= 4 is 6.01 Å². The molecule has 2 aromatic heterocycles. The minimum absolute atomic E-state index is 0.408. The van der Waals surface area contributed by atoms with E-state index in [9.17, 15) is 0 Å². The summed E-state index contributed by atoms with van der Waals surface area (Å²) in [6, 6.07) is 9.91. The first-order valence-corrected chi connectivity index (χ1v) is 8.14. The van der Waals surface area contributed by atoms with Crippen LogP contribution in [0.5, 0.6) is 0 Å². The van der Waals surface area contributed by atoms with Crippen LogP contribution in [0.15, 0.2) is 34.9 Å². The molecule has 7 heteroatoms. The van der Waals surface area contributed by atoms with Gasteiger partial charge in [-0.3, -0.25) is 4.68 Å². The van der Waals surface area contributed by atoms with Crippen LogP contribution >= 0.6 is 0 Å². The molecule has 0 aliphatic carbocycles.